The number of hydrogen-bond donors (Lipinski definition) is 0. The number of anilines is 1. The fourth-order valence-corrected chi connectivity index (χ4v) is 2.93. The molecule has 1 saturated heterocycles. The molecule has 2 nitrogen and oxygen atoms in total. The Labute approximate surface area is 123 Å². The fourth-order valence-electron chi connectivity index (χ4n) is 2.35. The van der Waals surface area contributed by atoms with Crippen LogP contribution in [0.25, 0.3) is 0 Å². The van der Waals surface area contributed by atoms with E-state index in [4.69, 9.17) is 11.6 Å². The minimum Gasteiger partial charge on any atom is -0.368 e. The third kappa shape index (κ3) is 3.19. The van der Waals surface area contributed by atoms with Gasteiger partial charge in [-0.2, -0.15) is 0 Å². The van der Waals surface area contributed by atoms with Gasteiger partial charge in [0.2, 0.25) is 0 Å². The molecule has 1 aliphatic rings. The Bertz CT molecular complexity index is 420. The first-order valence-corrected chi connectivity index (χ1v) is 7.50. The van der Waals surface area contributed by atoms with E-state index in [0.29, 0.717) is 0 Å². The highest BCUT2D eigenvalue weighted by molar-refractivity contribution is 9.10. The molecule has 100 valence electrons. The Morgan fingerprint density at radius 3 is 2.28 bits per heavy atom. The zero-order valence-corrected chi connectivity index (χ0v) is 13.6. The summed E-state index contributed by atoms with van der Waals surface area (Å²) in [5, 5.41) is 0.836. The zero-order chi connectivity index (χ0) is 13.3. The highest BCUT2D eigenvalue weighted by Crippen LogP contribution is 2.30. The second-order valence-electron chi connectivity index (χ2n) is 5.74. The molecule has 1 aromatic carbocycles. The number of piperazine rings is 1. The van der Waals surface area contributed by atoms with Gasteiger partial charge in [-0.15, -0.1) is 0 Å². The number of halogens is 2. The van der Waals surface area contributed by atoms with E-state index in [1.807, 2.05) is 12.1 Å². The van der Waals surface area contributed by atoms with E-state index in [1.165, 1.54) is 0 Å². The van der Waals surface area contributed by atoms with Crippen LogP contribution in [0.2, 0.25) is 5.02 Å². The summed E-state index contributed by atoms with van der Waals surface area (Å²) in [6.45, 7) is 11.1. The molecule has 0 bridgehead atoms. The summed E-state index contributed by atoms with van der Waals surface area (Å²) in [5.74, 6) is 0. The average Bonchev–Trinajstić information content (AvgIpc) is 2.31. The Balaban J connectivity index is 2.08. The molecule has 0 saturated carbocycles. The predicted octanol–water partition coefficient (Wildman–Crippen LogP) is 4.02. The maximum Gasteiger partial charge on any atom is 0.0640 e. The van der Waals surface area contributed by atoms with Crippen LogP contribution in [0.1, 0.15) is 20.8 Å². The van der Waals surface area contributed by atoms with Crippen molar-refractivity contribution in [2.45, 2.75) is 26.3 Å². The average molecular weight is 332 g/mol. The number of rotatable bonds is 1. The van der Waals surface area contributed by atoms with Crippen LogP contribution in [-0.2, 0) is 0 Å². The van der Waals surface area contributed by atoms with E-state index >= 15 is 0 Å². The van der Waals surface area contributed by atoms with E-state index in [0.717, 1.165) is 41.4 Å². The molecule has 0 N–H and O–H groups in total. The van der Waals surface area contributed by atoms with Crippen molar-refractivity contribution in [2.24, 2.45) is 0 Å². The molecule has 0 unspecified atom stereocenters. The van der Waals surface area contributed by atoms with Gasteiger partial charge in [-0.3, -0.25) is 4.90 Å². The van der Waals surface area contributed by atoms with E-state index in [-0.39, 0.29) is 5.54 Å². The molecule has 0 atom stereocenters. The summed E-state index contributed by atoms with van der Waals surface area (Å²) in [6, 6.07) is 6.05. The van der Waals surface area contributed by atoms with Crippen LogP contribution < -0.4 is 4.90 Å². The van der Waals surface area contributed by atoms with Crippen LogP contribution >= 0.6 is 27.5 Å². The number of nitrogens with zero attached hydrogens (tertiary/aromatic N) is 2. The highest BCUT2D eigenvalue weighted by atomic mass is 79.9. The lowest BCUT2D eigenvalue weighted by molar-refractivity contribution is 0.128. The van der Waals surface area contributed by atoms with Crippen LogP contribution in [0.4, 0.5) is 5.69 Å². The van der Waals surface area contributed by atoms with Crippen LogP contribution in [0.3, 0.4) is 0 Å². The van der Waals surface area contributed by atoms with Crippen LogP contribution in [0.15, 0.2) is 22.7 Å². The first-order chi connectivity index (χ1) is 8.38. The standard InChI is InChI=1S/C14H20BrClN2/c1-14(2,3)18-8-6-17(7-9-18)13-10-11(15)4-5-12(13)16/h4-5,10H,6-9H2,1-3H3. The van der Waals surface area contributed by atoms with Crippen molar-refractivity contribution < 1.29 is 0 Å². The quantitative estimate of drug-likeness (QED) is 0.767. The van der Waals surface area contributed by atoms with Gasteiger partial charge in [0.1, 0.15) is 0 Å². The van der Waals surface area contributed by atoms with Crippen molar-refractivity contribution in [1.82, 2.24) is 4.90 Å². The Kier molecular flexibility index (Phi) is 4.25. The summed E-state index contributed by atoms with van der Waals surface area (Å²) < 4.78 is 1.08. The monoisotopic (exact) mass is 330 g/mol. The van der Waals surface area contributed by atoms with Gasteiger partial charge in [-0.25, -0.2) is 0 Å². The minimum atomic E-state index is 0.257. The van der Waals surface area contributed by atoms with Gasteiger partial charge in [-0.1, -0.05) is 27.5 Å². The van der Waals surface area contributed by atoms with Crippen LogP contribution in [0.5, 0.6) is 0 Å². The lowest BCUT2D eigenvalue weighted by Crippen LogP contribution is -2.53. The van der Waals surface area contributed by atoms with Gasteiger partial charge < -0.3 is 4.90 Å². The van der Waals surface area contributed by atoms with Crippen molar-refractivity contribution in [3.63, 3.8) is 0 Å². The predicted molar refractivity (Wildman–Crippen MR) is 82.7 cm³/mol. The molecular weight excluding hydrogens is 312 g/mol. The molecule has 1 aliphatic heterocycles. The van der Waals surface area contributed by atoms with Crippen LogP contribution in [-0.4, -0.2) is 36.6 Å². The van der Waals surface area contributed by atoms with E-state index in [1.54, 1.807) is 0 Å². The molecule has 4 heteroatoms. The molecule has 0 amide bonds. The van der Waals surface area contributed by atoms with Crippen molar-refractivity contribution in [2.75, 3.05) is 31.1 Å². The fraction of sp³-hybridized carbons (Fsp3) is 0.571. The second kappa shape index (κ2) is 5.40. The SMILES string of the molecule is CC(C)(C)N1CCN(c2cc(Br)ccc2Cl)CC1. The van der Waals surface area contributed by atoms with Gasteiger partial charge in [0.25, 0.3) is 0 Å². The van der Waals surface area contributed by atoms with Gasteiger partial charge in [0.05, 0.1) is 10.7 Å². The third-order valence-electron chi connectivity index (χ3n) is 3.48. The molecule has 0 aromatic heterocycles. The molecule has 1 aromatic rings. The molecule has 2 rings (SSSR count). The van der Waals surface area contributed by atoms with Crippen molar-refractivity contribution in [3.05, 3.63) is 27.7 Å². The molecule has 1 heterocycles. The van der Waals surface area contributed by atoms with Gasteiger partial charge >= 0.3 is 0 Å². The number of benzene rings is 1. The van der Waals surface area contributed by atoms with Crippen molar-refractivity contribution >= 4 is 33.2 Å². The van der Waals surface area contributed by atoms with Gasteiger partial charge in [-0.05, 0) is 39.0 Å². The summed E-state index contributed by atoms with van der Waals surface area (Å²) >= 11 is 9.79. The van der Waals surface area contributed by atoms with Gasteiger partial charge in [0, 0.05) is 36.2 Å². The maximum atomic E-state index is 6.28. The van der Waals surface area contributed by atoms with E-state index in [9.17, 15) is 0 Å². The zero-order valence-electron chi connectivity index (χ0n) is 11.2. The molecule has 0 spiro atoms. The molecule has 18 heavy (non-hydrogen) atoms. The number of hydrogen-bond acceptors (Lipinski definition) is 2. The first kappa shape index (κ1) is 14.2. The van der Waals surface area contributed by atoms with Gasteiger partial charge in [0.15, 0.2) is 0 Å². The maximum absolute atomic E-state index is 6.28. The summed E-state index contributed by atoms with van der Waals surface area (Å²) in [4.78, 5) is 4.89. The molecule has 0 aliphatic carbocycles. The normalized spacial score (nSPS) is 18.2. The van der Waals surface area contributed by atoms with Crippen molar-refractivity contribution in [3.8, 4) is 0 Å². The molecular formula is C14H20BrClN2. The highest BCUT2D eigenvalue weighted by Gasteiger charge is 2.26. The lowest BCUT2D eigenvalue weighted by Gasteiger charge is -2.43. The molecule has 1 fully saturated rings. The Hall–Kier alpha value is -0.250. The van der Waals surface area contributed by atoms with E-state index < -0.39 is 0 Å². The second-order valence-corrected chi connectivity index (χ2v) is 7.06. The topological polar surface area (TPSA) is 6.48 Å². The third-order valence-corrected chi connectivity index (χ3v) is 4.29. The summed E-state index contributed by atoms with van der Waals surface area (Å²) in [7, 11) is 0. The smallest absolute Gasteiger partial charge is 0.0640 e. The van der Waals surface area contributed by atoms with E-state index in [2.05, 4.69) is 52.6 Å². The van der Waals surface area contributed by atoms with Crippen LogP contribution in [0, 0.1) is 0 Å². The molecule has 0 radical (unpaired) electrons. The Morgan fingerprint density at radius 2 is 1.72 bits per heavy atom. The summed E-state index contributed by atoms with van der Waals surface area (Å²) in [5.41, 5.74) is 1.40. The first-order valence-electron chi connectivity index (χ1n) is 6.33. The lowest BCUT2D eigenvalue weighted by atomic mass is 10.0. The Morgan fingerprint density at radius 1 is 1.11 bits per heavy atom. The minimum absolute atomic E-state index is 0.257. The van der Waals surface area contributed by atoms with Crippen molar-refractivity contribution in [1.29, 1.82) is 0 Å². The summed E-state index contributed by atoms with van der Waals surface area (Å²) in [6.07, 6.45) is 0. The largest absolute Gasteiger partial charge is 0.368 e.